The lowest BCUT2D eigenvalue weighted by Crippen LogP contribution is -2.34. The van der Waals surface area contributed by atoms with Gasteiger partial charge in [-0.25, -0.2) is 4.79 Å². The second kappa shape index (κ2) is 6.54. The smallest absolute Gasteiger partial charge is 0.319 e. The first kappa shape index (κ1) is 15.1. The van der Waals surface area contributed by atoms with E-state index in [0.717, 1.165) is 22.2 Å². The maximum Gasteiger partial charge on any atom is 0.319 e. The number of fused-ring (bicyclic) bond motifs is 1. The third kappa shape index (κ3) is 3.52. The molecule has 0 fully saturated rings. The third-order valence-electron chi connectivity index (χ3n) is 3.70. The highest BCUT2D eigenvalue weighted by Gasteiger charge is 2.13. The van der Waals surface area contributed by atoms with Crippen molar-refractivity contribution in [2.24, 2.45) is 0 Å². The van der Waals surface area contributed by atoms with Crippen molar-refractivity contribution in [3.05, 3.63) is 65.9 Å². The lowest BCUT2D eigenvalue weighted by molar-refractivity contribution is 0.225. The number of aromatic amines is 1. The van der Waals surface area contributed by atoms with Crippen LogP contribution in [-0.2, 0) is 0 Å². The van der Waals surface area contributed by atoms with Gasteiger partial charge in [0.1, 0.15) is 0 Å². The van der Waals surface area contributed by atoms with Crippen LogP contribution in [0.25, 0.3) is 10.9 Å². The molecule has 3 aromatic rings. The van der Waals surface area contributed by atoms with Crippen molar-refractivity contribution in [3.8, 4) is 0 Å². The number of hydrogen-bond acceptors (Lipinski definition) is 2. The molecule has 1 heterocycles. The molecule has 23 heavy (non-hydrogen) atoms. The molecule has 2 amide bonds. The Kier molecular flexibility index (Phi) is 4.30. The summed E-state index contributed by atoms with van der Waals surface area (Å²) in [5.41, 5.74) is 3.68. The van der Waals surface area contributed by atoms with Gasteiger partial charge in [-0.1, -0.05) is 30.3 Å². The summed E-state index contributed by atoms with van der Waals surface area (Å²) in [6.45, 7) is 1.83. The molecule has 5 heteroatoms. The minimum atomic E-state index is -0.436. The SMILES string of the molecule is Cc1cc2cc(NC(=O)NC(CO)c3ccccc3)ccc2[nH]1. The molecule has 0 saturated carbocycles. The average molecular weight is 309 g/mol. The second-order valence-electron chi connectivity index (χ2n) is 5.50. The summed E-state index contributed by atoms with van der Waals surface area (Å²) < 4.78 is 0. The Hall–Kier alpha value is -2.79. The summed E-state index contributed by atoms with van der Waals surface area (Å²) in [6, 6.07) is 16.3. The van der Waals surface area contributed by atoms with Gasteiger partial charge in [0.15, 0.2) is 0 Å². The quantitative estimate of drug-likeness (QED) is 0.596. The summed E-state index contributed by atoms with van der Waals surface area (Å²) in [4.78, 5) is 15.4. The van der Waals surface area contributed by atoms with E-state index >= 15 is 0 Å². The number of aliphatic hydroxyl groups excluding tert-OH is 1. The number of hydrogen-bond donors (Lipinski definition) is 4. The van der Waals surface area contributed by atoms with Crippen LogP contribution < -0.4 is 10.6 Å². The number of aryl methyl sites for hydroxylation is 1. The highest BCUT2D eigenvalue weighted by Crippen LogP contribution is 2.20. The van der Waals surface area contributed by atoms with Crippen LogP contribution in [0.2, 0.25) is 0 Å². The number of benzene rings is 2. The van der Waals surface area contributed by atoms with Crippen LogP contribution in [0.5, 0.6) is 0 Å². The molecule has 1 aromatic heterocycles. The van der Waals surface area contributed by atoms with Gasteiger partial charge in [-0.2, -0.15) is 0 Å². The molecule has 0 saturated heterocycles. The molecule has 3 rings (SSSR count). The Morgan fingerprint density at radius 2 is 1.96 bits per heavy atom. The fourth-order valence-corrected chi connectivity index (χ4v) is 2.60. The molecule has 4 N–H and O–H groups in total. The van der Waals surface area contributed by atoms with Crippen LogP contribution in [0.1, 0.15) is 17.3 Å². The van der Waals surface area contributed by atoms with Gasteiger partial charge in [0, 0.05) is 22.3 Å². The van der Waals surface area contributed by atoms with Gasteiger partial charge in [0.2, 0.25) is 0 Å². The first-order valence-electron chi connectivity index (χ1n) is 7.48. The van der Waals surface area contributed by atoms with E-state index in [2.05, 4.69) is 15.6 Å². The number of aromatic nitrogens is 1. The number of anilines is 1. The fourth-order valence-electron chi connectivity index (χ4n) is 2.60. The molecule has 0 radical (unpaired) electrons. The van der Waals surface area contributed by atoms with E-state index in [4.69, 9.17) is 0 Å². The molecular weight excluding hydrogens is 290 g/mol. The lowest BCUT2D eigenvalue weighted by atomic mass is 10.1. The Bertz CT molecular complexity index is 812. The molecule has 0 aliphatic carbocycles. The molecule has 1 unspecified atom stereocenters. The predicted molar refractivity (Wildman–Crippen MR) is 91.5 cm³/mol. The number of urea groups is 1. The van der Waals surface area contributed by atoms with Gasteiger partial charge in [0.25, 0.3) is 0 Å². The van der Waals surface area contributed by atoms with Crippen molar-refractivity contribution in [1.29, 1.82) is 0 Å². The van der Waals surface area contributed by atoms with Crippen LogP contribution in [0, 0.1) is 6.92 Å². The van der Waals surface area contributed by atoms with Crippen LogP contribution in [-0.4, -0.2) is 22.7 Å². The molecule has 1 atom stereocenters. The second-order valence-corrected chi connectivity index (χ2v) is 5.50. The summed E-state index contributed by atoms with van der Waals surface area (Å²) in [6.07, 6.45) is 0. The zero-order valence-electron chi connectivity index (χ0n) is 12.8. The minimum absolute atomic E-state index is 0.159. The van der Waals surface area contributed by atoms with Gasteiger partial charge < -0.3 is 20.7 Å². The number of rotatable bonds is 4. The normalized spacial score (nSPS) is 12.1. The van der Waals surface area contributed by atoms with E-state index in [1.54, 1.807) is 0 Å². The number of nitrogens with one attached hydrogen (secondary N) is 3. The van der Waals surface area contributed by atoms with Gasteiger partial charge in [0.05, 0.1) is 12.6 Å². The van der Waals surface area contributed by atoms with Crippen molar-refractivity contribution >= 4 is 22.6 Å². The largest absolute Gasteiger partial charge is 0.394 e. The molecule has 0 aliphatic rings. The fraction of sp³-hybridized carbons (Fsp3) is 0.167. The Morgan fingerprint density at radius 1 is 1.17 bits per heavy atom. The Balaban J connectivity index is 1.70. The van der Waals surface area contributed by atoms with E-state index in [1.807, 2.05) is 61.5 Å². The third-order valence-corrected chi connectivity index (χ3v) is 3.70. The number of H-pyrrole nitrogens is 1. The highest BCUT2D eigenvalue weighted by atomic mass is 16.3. The average Bonchev–Trinajstić information content (AvgIpc) is 2.92. The van der Waals surface area contributed by atoms with E-state index in [9.17, 15) is 9.90 Å². The van der Waals surface area contributed by atoms with Crippen LogP contribution in [0.3, 0.4) is 0 Å². The van der Waals surface area contributed by atoms with Crippen LogP contribution in [0.4, 0.5) is 10.5 Å². The molecule has 0 aliphatic heterocycles. The standard InChI is InChI=1S/C18H19N3O2/c1-12-9-14-10-15(7-8-16(14)19-12)20-18(23)21-17(11-22)13-5-3-2-4-6-13/h2-10,17,19,22H,11H2,1H3,(H2,20,21,23). The molecule has 0 spiro atoms. The molecule has 2 aromatic carbocycles. The molecule has 118 valence electrons. The summed E-state index contributed by atoms with van der Waals surface area (Å²) in [5, 5.41) is 16.1. The number of aliphatic hydroxyl groups is 1. The molecule has 0 bridgehead atoms. The Morgan fingerprint density at radius 3 is 2.70 bits per heavy atom. The minimum Gasteiger partial charge on any atom is -0.394 e. The zero-order chi connectivity index (χ0) is 16.2. The number of carbonyl (C=O) groups excluding carboxylic acids is 1. The van der Waals surface area contributed by atoms with E-state index in [0.29, 0.717) is 5.69 Å². The predicted octanol–water partition coefficient (Wildman–Crippen LogP) is 3.33. The topological polar surface area (TPSA) is 77.2 Å². The molecular formula is C18H19N3O2. The van der Waals surface area contributed by atoms with Crippen LogP contribution in [0.15, 0.2) is 54.6 Å². The van der Waals surface area contributed by atoms with Crippen molar-refractivity contribution < 1.29 is 9.90 Å². The lowest BCUT2D eigenvalue weighted by Gasteiger charge is -2.17. The first-order chi connectivity index (χ1) is 11.2. The molecule has 5 nitrogen and oxygen atoms in total. The van der Waals surface area contributed by atoms with Gasteiger partial charge in [-0.3, -0.25) is 0 Å². The number of carbonyl (C=O) groups is 1. The van der Waals surface area contributed by atoms with Crippen LogP contribution >= 0.6 is 0 Å². The van der Waals surface area contributed by atoms with Crippen molar-refractivity contribution in [1.82, 2.24) is 10.3 Å². The summed E-state index contributed by atoms with van der Waals surface area (Å²) in [7, 11) is 0. The summed E-state index contributed by atoms with van der Waals surface area (Å²) in [5.74, 6) is 0. The maximum absolute atomic E-state index is 12.2. The van der Waals surface area contributed by atoms with Gasteiger partial charge >= 0.3 is 6.03 Å². The van der Waals surface area contributed by atoms with Crippen molar-refractivity contribution in [3.63, 3.8) is 0 Å². The van der Waals surface area contributed by atoms with E-state index in [1.165, 1.54) is 0 Å². The first-order valence-corrected chi connectivity index (χ1v) is 7.48. The van der Waals surface area contributed by atoms with E-state index in [-0.39, 0.29) is 12.6 Å². The maximum atomic E-state index is 12.2. The van der Waals surface area contributed by atoms with E-state index < -0.39 is 6.04 Å². The monoisotopic (exact) mass is 309 g/mol. The van der Waals surface area contributed by atoms with Gasteiger partial charge in [-0.15, -0.1) is 0 Å². The van der Waals surface area contributed by atoms with Crippen molar-refractivity contribution in [2.75, 3.05) is 11.9 Å². The summed E-state index contributed by atoms with van der Waals surface area (Å²) >= 11 is 0. The highest BCUT2D eigenvalue weighted by molar-refractivity contribution is 5.93. The van der Waals surface area contributed by atoms with Crippen molar-refractivity contribution in [2.45, 2.75) is 13.0 Å². The van der Waals surface area contributed by atoms with Gasteiger partial charge in [-0.05, 0) is 36.8 Å². The zero-order valence-corrected chi connectivity index (χ0v) is 12.8. The Labute approximate surface area is 134 Å². The number of amides is 2.